The normalized spacial score (nSPS) is 26.5. The number of carbonyl (C=O) groups excluding carboxylic acids is 1. The standard InChI is InChI=1S/C17H21N5O2/c1-21-11-6-7-12(21)9-13(8-11)22(17(18)23)15-5-3-2-4-14(15)16-20-19-10-24-16/h2-5,10-13H,6-9H2,1H3,(H2,18,23)/t11-,12+,13?. The van der Waals surface area contributed by atoms with Crippen molar-refractivity contribution in [3.63, 3.8) is 0 Å². The zero-order valence-corrected chi connectivity index (χ0v) is 13.6. The lowest BCUT2D eigenvalue weighted by Crippen LogP contribution is -2.52. The number of nitrogens with two attached hydrogens (primary N) is 1. The lowest BCUT2D eigenvalue weighted by molar-refractivity contribution is 0.160. The average molecular weight is 327 g/mol. The number of carbonyl (C=O) groups is 1. The van der Waals surface area contributed by atoms with E-state index in [4.69, 9.17) is 10.2 Å². The maximum Gasteiger partial charge on any atom is 0.319 e. The smallest absolute Gasteiger partial charge is 0.319 e. The second kappa shape index (κ2) is 5.90. The van der Waals surface area contributed by atoms with Crippen LogP contribution in [0.2, 0.25) is 0 Å². The second-order valence-corrected chi connectivity index (χ2v) is 6.64. The van der Waals surface area contributed by atoms with Crippen LogP contribution in [0.15, 0.2) is 35.1 Å². The lowest BCUT2D eigenvalue weighted by Gasteiger charge is -2.41. The van der Waals surface area contributed by atoms with Gasteiger partial charge in [-0.3, -0.25) is 4.90 Å². The van der Waals surface area contributed by atoms with Gasteiger partial charge < -0.3 is 15.1 Å². The average Bonchev–Trinajstić information content (AvgIpc) is 3.15. The third-order valence-electron chi connectivity index (χ3n) is 5.43. The van der Waals surface area contributed by atoms with E-state index in [1.165, 1.54) is 19.2 Å². The van der Waals surface area contributed by atoms with E-state index in [9.17, 15) is 4.79 Å². The van der Waals surface area contributed by atoms with Gasteiger partial charge in [0.1, 0.15) is 0 Å². The molecule has 3 heterocycles. The number of benzene rings is 1. The Labute approximate surface area is 140 Å². The minimum Gasteiger partial charge on any atom is -0.423 e. The Kier molecular flexibility index (Phi) is 3.72. The Morgan fingerprint density at radius 3 is 2.62 bits per heavy atom. The van der Waals surface area contributed by atoms with E-state index in [0.717, 1.165) is 24.1 Å². The van der Waals surface area contributed by atoms with Crippen molar-refractivity contribution in [2.24, 2.45) is 5.73 Å². The predicted molar refractivity (Wildman–Crippen MR) is 89.4 cm³/mol. The van der Waals surface area contributed by atoms with Gasteiger partial charge in [0.15, 0.2) is 0 Å². The molecule has 2 aliphatic heterocycles. The Bertz CT molecular complexity index is 718. The minimum absolute atomic E-state index is 0.0975. The van der Waals surface area contributed by atoms with Gasteiger partial charge in [-0.15, -0.1) is 10.2 Å². The summed E-state index contributed by atoms with van der Waals surface area (Å²) < 4.78 is 5.34. The molecule has 1 aromatic carbocycles. The van der Waals surface area contributed by atoms with Crippen molar-refractivity contribution in [3.8, 4) is 11.5 Å². The predicted octanol–water partition coefficient (Wildman–Crippen LogP) is 2.25. The summed E-state index contributed by atoms with van der Waals surface area (Å²) in [5.41, 5.74) is 7.25. The number of fused-ring (bicyclic) bond motifs is 2. The molecule has 2 N–H and O–H groups in total. The first kappa shape index (κ1) is 15.1. The third kappa shape index (κ3) is 2.45. The third-order valence-corrected chi connectivity index (χ3v) is 5.43. The highest BCUT2D eigenvalue weighted by molar-refractivity contribution is 5.95. The number of piperidine rings is 1. The van der Waals surface area contributed by atoms with Crippen LogP contribution >= 0.6 is 0 Å². The van der Waals surface area contributed by atoms with E-state index >= 15 is 0 Å². The van der Waals surface area contributed by atoms with Gasteiger partial charge in [-0.1, -0.05) is 12.1 Å². The highest BCUT2D eigenvalue weighted by atomic mass is 16.4. The molecule has 2 saturated heterocycles. The van der Waals surface area contributed by atoms with Gasteiger partial charge in [-0.2, -0.15) is 0 Å². The highest BCUT2D eigenvalue weighted by Crippen LogP contribution is 2.39. The fraction of sp³-hybridized carbons (Fsp3) is 0.471. The number of nitrogens with zero attached hydrogens (tertiary/aromatic N) is 4. The number of rotatable bonds is 3. The Balaban J connectivity index is 1.72. The molecular formula is C17H21N5O2. The van der Waals surface area contributed by atoms with E-state index in [-0.39, 0.29) is 6.04 Å². The SMILES string of the molecule is CN1[C@@H]2CC[C@H]1CC(N(C(N)=O)c1ccccc1-c1nnco1)C2. The first-order chi connectivity index (χ1) is 11.6. The van der Waals surface area contributed by atoms with Crippen molar-refractivity contribution in [1.82, 2.24) is 15.1 Å². The Hall–Kier alpha value is -2.41. The fourth-order valence-corrected chi connectivity index (χ4v) is 4.24. The summed E-state index contributed by atoms with van der Waals surface area (Å²) in [5, 5.41) is 7.73. The number of hydrogen-bond acceptors (Lipinski definition) is 5. The molecule has 0 radical (unpaired) electrons. The van der Waals surface area contributed by atoms with Crippen molar-refractivity contribution in [3.05, 3.63) is 30.7 Å². The molecular weight excluding hydrogens is 306 g/mol. The van der Waals surface area contributed by atoms with Gasteiger partial charge in [0.25, 0.3) is 0 Å². The summed E-state index contributed by atoms with van der Waals surface area (Å²) >= 11 is 0. The van der Waals surface area contributed by atoms with E-state index in [2.05, 4.69) is 22.1 Å². The van der Waals surface area contributed by atoms with Crippen molar-refractivity contribution in [1.29, 1.82) is 0 Å². The summed E-state index contributed by atoms with van der Waals surface area (Å²) in [6.07, 6.45) is 5.55. The zero-order chi connectivity index (χ0) is 16.7. The number of aromatic nitrogens is 2. The van der Waals surface area contributed by atoms with Crippen molar-refractivity contribution in [2.75, 3.05) is 11.9 Å². The molecule has 0 spiro atoms. The van der Waals surface area contributed by atoms with Crippen LogP contribution in [0, 0.1) is 0 Å². The summed E-state index contributed by atoms with van der Waals surface area (Å²) in [6.45, 7) is 0. The second-order valence-electron chi connectivity index (χ2n) is 6.64. The number of anilines is 1. The molecule has 1 aromatic heterocycles. The molecule has 0 aliphatic carbocycles. The van der Waals surface area contributed by atoms with Crippen LogP contribution in [0.5, 0.6) is 0 Å². The lowest BCUT2D eigenvalue weighted by atomic mass is 9.95. The molecule has 1 unspecified atom stereocenters. The van der Waals surface area contributed by atoms with Crippen molar-refractivity contribution >= 4 is 11.7 Å². The molecule has 4 rings (SSSR count). The maximum atomic E-state index is 12.3. The number of urea groups is 1. The van der Waals surface area contributed by atoms with Crippen molar-refractivity contribution < 1.29 is 9.21 Å². The molecule has 2 bridgehead atoms. The molecule has 7 heteroatoms. The van der Waals surface area contributed by atoms with E-state index in [0.29, 0.717) is 18.0 Å². The van der Waals surface area contributed by atoms with Crippen LogP contribution in [-0.2, 0) is 0 Å². The minimum atomic E-state index is -0.434. The molecule has 2 fully saturated rings. The zero-order valence-electron chi connectivity index (χ0n) is 13.6. The van der Waals surface area contributed by atoms with Gasteiger partial charge in [0.2, 0.25) is 12.3 Å². The molecule has 0 saturated carbocycles. The van der Waals surface area contributed by atoms with Gasteiger partial charge in [0, 0.05) is 18.1 Å². The molecule has 2 amide bonds. The Morgan fingerprint density at radius 1 is 1.29 bits per heavy atom. The van der Waals surface area contributed by atoms with Gasteiger partial charge in [0.05, 0.1) is 11.3 Å². The number of para-hydroxylation sites is 1. The highest BCUT2D eigenvalue weighted by Gasteiger charge is 2.42. The first-order valence-corrected chi connectivity index (χ1v) is 8.31. The molecule has 2 aromatic rings. The molecule has 7 nitrogen and oxygen atoms in total. The molecule has 126 valence electrons. The summed E-state index contributed by atoms with van der Waals surface area (Å²) in [5.74, 6) is 0.396. The monoisotopic (exact) mass is 327 g/mol. The molecule has 24 heavy (non-hydrogen) atoms. The summed E-state index contributed by atoms with van der Waals surface area (Å²) in [7, 11) is 2.18. The summed E-state index contributed by atoms with van der Waals surface area (Å²) in [6, 6.07) is 8.26. The van der Waals surface area contributed by atoms with Gasteiger partial charge in [-0.05, 0) is 44.9 Å². The summed E-state index contributed by atoms with van der Waals surface area (Å²) in [4.78, 5) is 16.5. The van der Waals surface area contributed by atoms with E-state index in [1.807, 2.05) is 24.3 Å². The van der Waals surface area contributed by atoms with E-state index in [1.54, 1.807) is 4.90 Å². The van der Waals surface area contributed by atoms with Crippen LogP contribution in [0.3, 0.4) is 0 Å². The van der Waals surface area contributed by atoms with E-state index < -0.39 is 6.03 Å². The number of primary amides is 1. The topological polar surface area (TPSA) is 88.5 Å². The van der Waals surface area contributed by atoms with Gasteiger partial charge in [-0.25, -0.2) is 4.79 Å². The van der Waals surface area contributed by atoms with Gasteiger partial charge >= 0.3 is 6.03 Å². The van der Waals surface area contributed by atoms with Crippen LogP contribution < -0.4 is 10.6 Å². The quantitative estimate of drug-likeness (QED) is 0.934. The number of hydrogen-bond donors (Lipinski definition) is 1. The van der Waals surface area contributed by atoms with Crippen LogP contribution in [-0.4, -0.2) is 46.3 Å². The Morgan fingerprint density at radius 2 is 2.00 bits per heavy atom. The number of amides is 2. The maximum absolute atomic E-state index is 12.3. The largest absolute Gasteiger partial charge is 0.423 e. The first-order valence-electron chi connectivity index (χ1n) is 8.31. The van der Waals surface area contributed by atoms with Crippen molar-refractivity contribution in [2.45, 2.75) is 43.8 Å². The van der Waals surface area contributed by atoms with Crippen LogP contribution in [0.25, 0.3) is 11.5 Å². The van der Waals surface area contributed by atoms with Crippen LogP contribution in [0.1, 0.15) is 25.7 Å². The molecule has 3 atom stereocenters. The molecule has 2 aliphatic rings. The fourth-order valence-electron chi connectivity index (χ4n) is 4.24. The van der Waals surface area contributed by atoms with Crippen LogP contribution in [0.4, 0.5) is 10.5 Å².